The molecule has 0 bridgehead atoms. The maximum absolute atomic E-state index is 11.1. The molecule has 31 heavy (non-hydrogen) atoms. The number of benzene rings is 2. The van der Waals surface area contributed by atoms with Gasteiger partial charge in [-0.1, -0.05) is 18.3 Å². The lowest BCUT2D eigenvalue weighted by atomic mass is 9.94. The van der Waals surface area contributed by atoms with E-state index in [4.69, 9.17) is 14.6 Å². The van der Waals surface area contributed by atoms with Crippen molar-refractivity contribution in [3.63, 3.8) is 0 Å². The largest absolute Gasteiger partial charge is 0.454 e. The molecule has 0 saturated heterocycles. The molecule has 0 amide bonds. The van der Waals surface area contributed by atoms with Crippen LogP contribution in [-0.4, -0.2) is 33.7 Å². The van der Waals surface area contributed by atoms with Crippen LogP contribution in [0, 0.1) is 10.1 Å². The summed E-state index contributed by atoms with van der Waals surface area (Å²) in [5, 5.41) is 28.2. The van der Waals surface area contributed by atoms with E-state index in [1.807, 2.05) is 24.1 Å². The fourth-order valence-electron chi connectivity index (χ4n) is 3.70. The number of nitro benzene ring substituents is 1. The monoisotopic (exact) mass is 437 g/mol. The molecule has 158 valence electrons. The molecule has 1 aromatic heterocycles. The van der Waals surface area contributed by atoms with Crippen LogP contribution < -0.4 is 14.5 Å². The third-order valence-electron chi connectivity index (χ3n) is 5.30. The molecule has 1 atom stereocenters. The summed E-state index contributed by atoms with van der Waals surface area (Å²) in [4.78, 5) is 10.7. The van der Waals surface area contributed by atoms with Crippen LogP contribution in [0.4, 0.5) is 10.8 Å². The van der Waals surface area contributed by atoms with Crippen LogP contribution in [0.15, 0.2) is 41.5 Å². The molecule has 3 aromatic rings. The van der Waals surface area contributed by atoms with Gasteiger partial charge in [-0.2, -0.15) is 5.10 Å². The standard InChI is InChI=1S/C21H19N5O4S/c1-3-19-22-23-21(31-19)25-12(2)8-14-9-17-18(30-11-29-17)10-16(14)20(24-25)13-4-6-15(7-5-13)26(27)28/h4-7,9-10,12H,3,8,11H2,1-2H3/t12-/m1/s1. The SMILES string of the molecule is CCc1nnc(N2N=C(c3ccc([N+](=O)[O-])cc3)c3cc4c(cc3C[C@H]2C)OCO4)s1. The van der Waals surface area contributed by atoms with Crippen molar-refractivity contribution in [3.05, 3.63) is 68.2 Å². The molecule has 5 rings (SSSR count). The quantitative estimate of drug-likeness (QED) is 0.450. The number of hydrogen-bond acceptors (Lipinski definition) is 9. The average molecular weight is 437 g/mol. The highest BCUT2D eigenvalue weighted by Crippen LogP contribution is 2.38. The first-order chi connectivity index (χ1) is 15.0. The van der Waals surface area contributed by atoms with Crippen molar-refractivity contribution < 1.29 is 14.4 Å². The van der Waals surface area contributed by atoms with Gasteiger partial charge >= 0.3 is 0 Å². The van der Waals surface area contributed by atoms with E-state index in [-0.39, 0.29) is 18.5 Å². The second-order valence-corrected chi connectivity index (χ2v) is 8.39. The molecule has 0 spiro atoms. The van der Waals surface area contributed by atoms with Crippen LogP contribution in [0.2, 0.25) is 0 Å². The van der Waals surface area contributed by atoms with Gasteiger partial charge in [0.15, 0.2) is 11.5 Å². The highest BCUT2D eigenvalue weighted by atomic mass is 32.1. The Morgan fingerprint density at radius 2 is 1.94 bits per heavy atom. The molecule has 0 aliphatic carbocycles. The number of anilines is 1. The maximum atomic E-state index is 11.1. The second-order valence-electron chi connectivity index (χ2n) is 7.34. The number of ether oxygens (including phenoxy) is 2. The van der Waals surface area contributed by atoms with E-state index in [2.05, 4.69) is 17.1 Å². The van der Waals surface area contributed by atoms with Crippen LogP contribution in [0.5, 0.6) is 11.5 Å². The molecule has 0 unspecified atom stereocenters. The summed E-state index contributed by atoms with van der Waals surface area (Å²) in [6, 6.07) is 10.4. The lowest BCUT2D eigenvalue weighted by Gasteiger charge is -2.21. The van der Waals surface area contributed by atoms with E-state index in [0.29, 0.717) is 23.6 Å². The Balaban J connectivity index is 1.67. The lowest BCUT2D eigenvalue weighted by molar-refractivity contribution is -0.384. The van der Waals surface area contributed by atoms with Gasteiger partial charge < -0.3 is 9.47 Å². The van der Waals surface area contributed by atoms with Gasteiger partial charge in [-0.3, -0.25) is 10.1 Å². The van der Waals surface area contributed by atoms with Gasteiger partial charge in [-0.15, -0.1) is 10.2 Å². The zero-order chi connectivity index (χ0) is 21.5. The fraction of sp³-hybridized carbons (Fsp3) is 0.286. The fourth-order valence-corrected chi connectivity index (χ4v) is 4.54. The van der Waals surface area contributed by atoms with E-state index in [1.54, 1.807) is 12.1 Å². The first-order valence-electron chi connectivity index (χ1n) is 9.91. The minimum Gasteiger partial charge on any atom is -0.454 e. The molecule has 2 aliphatic rings. The maximum Gasteiger partial charge on any atom is 0.269 e. The van der Waals surface area contributed by atoms with Crippen molar-refractivity contribution in [2.45, 2.75) is 32.7 Å². The van der Waals surface area contributed by atoms with Crippen molar-refractivity contribution in [1.29, 1.82) is 0 Å². The van der Waals surface area contributed by atoms with E-state index < -0.39 is 4.92 Å². The van der Waals surface area contributed by atoms with Gasteiger partial charge in [0.05, 0.1) is 16.7 Å². The minimum absolute atomic E-state index is 0.0207. The first kappa shape index (κ1) is 19.4. The molecule has 9 nitrogen and oxygen atoms in total. The smallest absolute Gasteiger partial charge is 0.269 e. The van der Waals surface area contributed by atoms with Crippen LogP contribution in [-0.2, 0) is 12.8 Å². The Bertz CT molecular complexity index is 1190. The van der Waals surface area contributed by atoms with Gasteiger partial charge in [0.25, 0.3) is 5.69 Å². The number of nitrogens with zero attached hydrogens (tertiary/aromatic N) is 5. The number of hydrazone groups is 1. The molecule has 2 aromatic carbocycles. The predicted molar refractivity (Wildman–Crippen MR) is 116 cm³/mol. The molecule has 0 saturated carbocycles. The average Bonchev–Trinajstić information content (AvgIpc) is 3.40. The van der Waals surface area contributed by atoms with E-state index in [9.17, 15) is 10.1 Å². The van der Waals surface area contributed by atoms with Gasteiger partial charge in [-0.25, -0.2) is 5.01 Å². The Morgan fingerprint density at radius 3 is 2.61 bits per heavy atom. The van der Waals surface area contributed by atoms with E-state index in [0.717, 1.165) is 33.3 Å². The molecule has 10 heteroatoms. The van der Waals surface area contributed by atoms with Crippen LogP contribution >= 0.6 is 11.3 Å². The highest BCUT2D eigenvalue weighted by Gasteiger charge is 2.29. The molecule has 0 fully saturated rings. The van der Waals surface area contributed by atoms with Gasteiger partial charge in [-0.05, 0) is 49.6 Å². The van der Waals surface area contributed by atoms with Crippen LogP contribution in [0.25, 0.3) is 0 Å². The zero-order valence-corrected chi connectivity index (χ0v) is 17.8. The van der Waals surface area contributed by atoms with Crippen molar-refractivity contribution in [3.8, 4) is 11.5 Å². The van der Waals surface area contributed by atoms with Crippen molar-refractivity contribution in [1.82, 2.24) is 10.2 Å². The molecule has 3 heterocycles. The number of aromatic nitrogens is 2. The molecular weight excluding hydrogens is 418 g/mol. The predicted octanol–water partition coefficient (Wildman–Crippen LogP) is 3.94. The van der Waals surface area contributed by atoms with Gasteiger partial charge in [0, 0.05) is 23.3 Å². The molecule has 2 aliphatic heterocycles. The summed E-state index contributed by atoms with van der Waals surface area (Å²) >= 11 is 1.51. The third kappa shape index (κ3) is 3.48. The number of hydrogen-bond donors (Lipinski definition) is 0. The van der Waals surface area contributed by atoms with E-state index in [1.165, 1.54) is 23.5 Å². The van der Waals surface area contributed by atoms with Gasteiger partial charge in [0.2, 0.25) is 11.9 Å². The Kier molecular flexibility index (Phi) is 4.78. The van der Waals surface area contributed by atoms with Crippen molar-refractivity contribution in [2.24, 2.45) is 5.10 Å². The lowest BCUT2D eigenvalue weighted by Crippen LogP contribution is -2.29. The second kappa shape index (κ2) is 7.62. The molecule has 0 radical (unpaired) electrons. The Morgan fingerprint density at radius 1 is 1.19 bits per heavy atom. The summed E-state index contributed by atoms with van der Waals surface area (Å²) in [5.74, 6) is 1.38. The Labute approximate surface area is 182 Å². The van der Waals surface area contributed by atoms with Crippen LogP contribution in [0.1, 0.15) is 35.5 Å². The minimum atomic E-state index is -0.410. The summed E-state index contributed by atoms with van der Waals surface area (Å²) in [6.45, 7) is 4.32. The highest BCUT2D eigenvalue weighted by molar-refractivity contribution is 7.15. The van der Waals surface area contributed by atoms with Crippen molar-refractivity contribution in [2.75, 3.05) is 11.8 Å². The van der Waals surface area contributed by atoms with Crippen LogP contribution in [0.3, 0.4) is 0 Å². The summed E-state index contributed by atoms with van der Waals surface area (Å²) in [7, 11) is 0. The number of nitro groups is 1. The zero-order valence-electron chi connectivity index (χ0n) is 16.9. The number of fused-ring (bicyclic) bond motifs is 2. The number of non-ortho nitro benzene ring substituents is 1. The topological polar surface area (TPSA) is 103 Å². The first-order valence-corrected chi connectivity index (χ1v) is 10.7. The normalized spacial score (nSPS) is 17.2. The van der Waals surface area contributed by atoms with E-state index >= 15 is 0 Å². The molecular formula is C21H19N5O4S. The summed E-state index contributed by atoms with van der Waals surface area (Å²) in [6.07, 6.45) is 1.52. The third-order valence-corrected chi connectivity index (χ3v) is 6.36. The molecule has 0 N–H and O–H groups in total. The van der Waals surface area contributed by atoms with Crippen molar-refractivity contribution >= 4 is 27.9 Å². The number of aryl methyl sites for hydroxylation is 1. The summed E-state index contributed by atoms with van der Waals surface area (Å²) in [5.41, 5.74) is 3.47. The summed E-state index contributed by atoms with van der Waals surface area (Å²) < 4.78 is 11.2. The number of rotatable bonds is 4. The Hall–Kier alpha value is -3.53. The van der Waals surface area contributed by atoms with Gasteiger partial charge in [0.1, 0.15) is 5.01 Å².